The number of rotatable bonds is 1. The first kappa shape index (κ1) is 8.38. The molecular formula is C10H12IN. The standard InChI is InChI=1S/C10H12IN/c1-11-12-7-6-9-4-2-3-5-10(9)8-12/h2-5H,1,6-8H2. The molecule has 1 heterocycles. The molecule has 1 nitrogen and oxygen atoms in total. The second-order valence-electron chi connectivity index (χ2n) is 2.98. The zero-order valence-electron chi connectivity index (χ0n) is 6.96. The molecule has 1 aromatic carbocycles. The van der Waals surface area contributed by atoms with E-state index in [9.17, 15) is 0 Å². The predicted octanol–water partition coefficient (Wildman–Crippen LogP) is 2.36. The van der Waals surface area contributed by atoms with Crippen LogP contribution in [-0.4, -0.2) is 14.2 Å². The smallest absolute Gasteiger partial charge is 0.0331 e. The van der Waals surface area contributed by atoms with Gasteiger partial charge in [-0.15, -0.1) is 0 Å². The van der Waals surface area contributed by atoms with E-state index >= 15 is 0 Å². The van der Waals surface area contributed by atoms with E-state index in [4.69, 9.17) is 0 Å². The predicted molar refractivity (Wildman–Crippen MR) is 61.7 cm³/mol. The van der Waals surface area contributed by atoms with Crippen LogP contribution in [0.3, 0.4) is 0 Å². The van der Waals surface area contributed by atoms with Crippen LogP contribution < -0.4 is 0 Å². The van der Waals surface area contributed by atoms with Crippen molar-refractivity contribution in [3.63, 3.8) is 0 Å². The van der Waals surface area contributed by atoms with Gasteiger partial charge in [0.05, 0.1) is 0 Å². The maximum Gasteiger partial charge on any atom is 0.0331 e. The van der Waals surface area contributed by atoms with Crippen molar-refractivity contribution in [2.45, 2.75) is 13.0 Å². The van der Waals surface area contributed by atoms with E-state index in [1.165, 1.54) is 24.1 Å². The Bertz CT molecular complexity index is 296. The highest BCUT2D eigenvalue weighted by atomic mass is 127. The van der Waals surface area contributed by atoms with Gasteiger partial charge >= 0.3 is 0 Å². The number of benzene rings is 1. The van der Waals surface area contributed by atoms with Gasteiger partial charge in [0.2, 0.25) is 0 Å². The van der Waals surface area contributed by atoms with Crippen molar-refractivity contribution < 1.29 is 0 Å². The minimum atomic E-state index is 0.0435. The average Bonchev–Trinajstić information content (AvgIpc) is 2.17. The fourth-order valence-electron chi connectivity index (χ4n) is 1.56. The highest BCUT2D eigenvalue weighted by Crippen LogP contribution is 2.22. The maximum atomic E-state index is 4.02. The Kier molecular flexibility index (Phi) is 2.56. The van der Waals surface area contributed by atoms with Crippen LogP contribution in [0.2, 0.25) is 0 Å². The van der Waals surface area contributed by atoms with Crippen molar-refractivity contribution in [2.24, 2.45) is 0 Å². The lowest BCUT2D eigenvalue weighted by molar-refractivity contribution is 0.480. The van der Waals surface area contributed by atoms with Crippen LogP contribution in [0.1, 0.15) is 11.1 Å². The van der Waals surface area contributed by atoms with Crippen LogP contribution >= 0.6 is 21.0 Å². The topological polar surface area (TPSA) is 3.24 Å². The largest absolute Gasteiger partial charge is 0.248 e. The minimum Gasteiger partial charge on any atom is -0.248 e. The van der Waals surface area contributed by atoms with Crippen LogP contribution in [0.5, 0.6) is 0 Å². The lowest BCUT2D eigenvalue weighted by Crippen LogP contribution is -2.21. The SMILES string of the molecule is C=IN1CCc2ccccc2C1. The van der Waals surface area contributed by atoms with Gasteiger partial charge in [-0.25, -0.2) is 3.11 Å². The highest BCUT2D eigenvalue weighted by Gasteiger charge is 2.12. The van der Waals surface area contributed by atoms with Crippen molar-refractivity contribution in [1.29, 1.82) is 0 Å². The molecule has 1 aromatic rings. The van der Waals surface area contributed by atoms with E-state index < -0.39 is 0 Å². The summed E-state index contributed by atoms with van der Waals surface area (Å²) in [6.45, 7) is 2.35. The fourth-order valence-corrected chi connectivity index (χ4v) is 2.75. The lowest BCUT2D eigenvalue weighted by Gasteiger charge is -2.24. The summed E-state index contributed by atoms with van der Waals surface area (Å²) >= 11 is 0.0435. The van der Waals surface area contributed by atoms with E-state index in [0.29, 0.717) is 0 Å². The molecule has 0 aromatic heterocycles. The van der Waals surface area contributed by atoms with Crippen LogP contribution in [0.25, 0.3) is 0 Å². The molecule has 1 aliphatic heterocycles. The Morgan fingerprint density at radius 1 is 1.25 bits per heavy atom. The lowest BCUT2D eigenvalue weighted by atomic mass is 10.0. The van der Waals surface area contributed by atoms with E-state index in [0.717, 1.165) is 6.54 Å². The first-order valence-corrected chi connectivity index (χ1v) is 6.59. The van der Waals surface area contributed by atoms with Crippen LogP contribution in [0, 0.1) is 0 Å². The van der Waals surface area contributed by atoms with Gasteiger partial charge in [0.15, 0.2) is 0 Å². The van der Waals surface area contributed by atoms with Gasteiger partial charge in [-0.3, -0.25) is 0 Å². The van der Waals surface area contributed by atoms with E-state index in [-0.39, 0.29) is 21.0 Å². The maximum absolute atomic E-state index is 4.02. The summed E-state index contributed by atoms with van der Waals surface area (Å²) in [5.74, 6) is 0. The summed E-state index contributed by atoms with van der Waals surface area (Å²) in [4.78, 5) is 0. The summed E-state index contributed by atoms with van der Waals surface area (Å²) in [5, 5.41) is 0. The molecule has 0 radical (unpaired) electrons. The molecule has 0 saturated carbocycles. The van der Waals surface area contributed by atoms with Gasteiger partial charge in [-0.2, -0.15) is 0 Å². The first-order chi connectivity index (χ1) is 5.90. The Labute approximate surface area is 83.5 Å². The van der Waals surface area contributed by atoms with Gasteiger partial charge in [-0.05, 0) is 38.6 Å². The molecule has 1 aliphatic rings. The molecule has 0 N–H and O–H groups in total. The Morgan fingerprint density at radius 2 is 2.00 bits per heavy atom. The zero-order chi connectivity index (χ0) is 8.39. The highest BCUT2D eigenvalue weighted by molar-refractivity contribution is 14.2. The normalized spacial score (nSPS) is 17.3. The minimum absolute atomic E-state index is 0.0435. The van der Waals surface area contributed by atoms with Crippen molar-refractivity contribution in [3.8, 4) is 0 Å². The molecule has 2 rings (SSSR count). The van der Waals surface area contributed by atoms with Gasteiger partial charge in [0.25, 0.3) is 0 Å². The number of nitrogens with zero attached hydrogens (tertiary/aromatic N) is 1. The zero-order valence-corrected chi connectivity index (χ0v) is 9.12. The Morgan fingerprint density at radius 3 is 2.75 bits per heavy atom. The third-order valence-corrected chi connectivity index (χ3v) is 4.04. The third-order valence-electron chi connectivity index (χ3n) is 2.25. The summed E-state index contributed by atoms with van der Waals surface area (Å²) < 4.78 is 6.51. The Hall–Kier alpha value is -0.220. The van der Waals surface area contributed by atoms with Gasteiger partial charge in [0.1, 0.15) is 0 Å². The average molecular weight is 273 g/mol. The van der Waals surface area contributed by atoms with Crippen LogP contribution in [0.15, 0.2) is 24.3 Å². The number of fused-ring (bicyclic) bond motifs is 1. The summed E-state index contributed by atoms with van der Waals surface area (Å²) in [6, 6.07) is 8.74. The molecule has 12 heavy (non-hydrogen) atoms. The van der Waals surface area contributed by atoms with E-state index in [2.05, 4.69) is 31.9 Å². The molecule has 2 heteroatoms. The molecule has 0 unspecified atom stereocenters. The molecule has 0 atom stereocenters. The second-order valence-corrected chi connectivity index (χ2v) is 5.03. The van der Waals surface area contributed by atoms with Crippen molar-refractivity contribution >= 4 is 25.5 Å². The second kappa shape index (κ2) is 3.66. The molecule has 0 spiro atoms. The monoisotopic (exact) mass is 273 g/mol. The van der Waals surface area contributed by atoms with Gasteiger partial charge in [0, 0.05) is 13.1 Å². The van der Waals surface area contributed by atoms with E-state index in [1.807, 2.05) is 0 Å². The van der Waals surface area contributed by atoms with Gasteiger partial charge < -0.3 is 0 Å². The first-order valence-electron chi connectivity index (χ1n) is 4.10. The quantitative estimate of drug-likeness (QED) is 0.561. The van der Waals surface area contributed by atoms with Crippen LogP contribution in [-0.2, 0) is 13.0 Å². The molecule has 0 saturated heterocycles. The van der Waals surface area contributed by atoms with E-state index in [1.54, 1.807) is 0 Å². The van der Waals surface area contributed by atoms with Crippen LogP contribution in [0.4, 0.5) is 0 Å². The summed E-state index contributed by atoms with van der Waals surface area (Å²) in [5.41, 5.74) is 3.04. The number of hydrogen-bond donors (Lipinski definition) is 0. The molecule has 0 bridgehead atoms. The summed E-state index contributed by atoms with van der Waals surface area (Å²) in [6.07, 6.45) is 1.21. The van der Waals surface area contributed by atoms with Crippen molar-refractivity contribution in [2.75, 3.05) is 6.54 Å². The number of halogens is 1. The molecular weight excluding hydrogens is 261 g/mol. The van der Waals surface area contributed by atoms with Crippen molar-refractivity contribution in [3.05, 3.63) is 35.4 Å². The summed E-state index contributed by atoms with van der Waals surface area (Å²) in [7, 11) is 0. The van der Waals surface area contributed by atoms with Gasteiger partial charge in [-0.1, -0.05) is 28.8 Å². The fraction of sp³-hybridized carbons (Fsp3) is 0.300. The molecule has 64 valence electrons. The number of hydrogen-bond acceptors (Lipinski definition) is 1. The molecule has 0 fully saturated rings. The van der Waals surface area contributed by atoms with Crippen molar-refractivity contribution in [1.82, 2.24) is 3.11 Å². The third kappa shape index (κ3) is 1.59. The molecule has 0 aliphatic carbocycles. The molecule has 0 amide bonds. The Balaban J connectivity index is 2.28.